The van der Waals surface area contributed by atoms with Crippen LogP contribution in [0.3, 0.4) is 0 Å². The number of pyridine rings is 2. The lowest BCUT2D eigenvalue weighted by molar-refractivity contribution is 1.32. The molecule has 9 aromatic carbocycles. The number of rotatable bonds is 3. The third kappa shape index (κ3) is 5.89. The van der Waals surface area contributed by atoms with Crippen LogP contribution in [0.4, 0.5) is 0 Å². The van der Waals surface area contributed by atoms with Crippen LogP contribution in [-0.2, 0) is 0 Å². The Morgan fingerprint density at radius 1 is 0.309 bits per heavy atom. The van der Waals surface area contributed by atoms with Gasteiger partial charge in [0.2, 0.25) is 0 Å². The van der Waals surface area contributed by atoms with Crippen molar-refractivity contribution in [2.45, 2.75) is 6.85 Å². The quantitative estimate of drug-likeness (QED) is 0.177. The zero-order valence-corrected chi connectivity index (χ0v) is 37.5. The lowest BCUT2D eigenvalue weighted by atomic mass is 9.79. The number of fused-ring (bicyclic) bond motifs is 19. The highest BCUT2D eigenvalue weighted by Gasteiger charge is 2.26. The minimum atomic E-state index is -2.44. The Morgan fingerprint density at radius 3 is 1.25 bits per heavy atom. The van der Waals surface area contributed by atoms with Crippen LogP contribution in [0.1, 0.15) is 9.68 Å². The van der Waals surface area contributed by atoms with Gasteiger partial charge in [-0.05, 0) is 155 Å². The van der Waals surface area contributed by atoms with Gasteiger partial charge >= 0.3 is 0 Å². The summed E-state index contributed by atoms with van der Waals surface area (Å²) in [5.41, 5.74) is 23.0. The molecule has 0 saturated carbocycles. The highest BCUT2D eigenvalue weighted by Crippen LogP contribution is 2.52. The van der Waals surface area contributed by atoms with Crippen LogP contribution in [0.5, 0.6) is 0 Å². The van der Waals surface area contributed by atoms with Gasteiger partial charge in [0.15, 0.2) is 0 Å². The minimum absolute atomic E-state index is 0.326. The molecular formula is C65H40N2S. The van der Waals surface area contributed by atoms with Gasteiger partial charge in [0, 0.05) is 43.1 Å². The van der Waals surface area contributed by atoms with Crippen LogP contribution in [0.25, 0.3) is 143 Å². The summed E-state index contributed by atoms with van der Waals surface area (Å²) in [5, 5.41) is 2.39. The number of benzene rings is 9. The van der Waals surface area contributed by atoms with Gasteiger partial charge in [0.25, 0.3) is 0 Å². The van der Waals surface area contributed by atoms with Crippen LogP contribution < -0.4 is 0 Å². The van der Waals surface area contributed by atoms with Gasteiger partial charge in [0.05, 0.1) is 5.69 Å². The number of nitrogens with zero attached hydrogens (tertiary/aromatic N) is 2. The maximum Gasteiger partial charge on any atom is 0.124 e. The summed E-state index contributed by atoms with van der Waals surface area (Å²) >= 11 is 1.74. The molecule has 0 N–H and O–H groups in total. The number of hydrogen-bond donors (Lipinski definition) is 0. The van der Waals surface area contributed by atoms with E-state index in [0.29, 0.717) is 16.7 Å². The van der Waals surface area contributed by atoms with Gasteiger partial charge < -0.3 is 0 Å². The Balaban J connectivity index is 0.960. The third-order valence-electron chi connectivity index (χ3n) is 14.1. The smallest absolute Gasteiger partial charge is 0.124 e. The molecule has 0 bridgehead atoms. The maximum atomic E-state index is 9.24. The Hall–Kier alpha value is -8.50. The molecule has 0 amide bonds. The lowest BCUT2D eigenvalue weighted by Gasteiger charge is -2.25. The molecule has 2 nitrogen and oxygen atoms in total. The molecule has 2 aliphatic rings. The summed E-state index contributed by atoms with van der Waals surface area (Å²) in [6.07, 6.45) is 3.73. The fourth-order valence-electron chi connectivity index (χ4n) is 11.0. The molecule has 2 aliphatic carbocycles. The van der Waals surface area contributed by atoms with E-state index >= 15 is 0 Å². The first-order valence-corrected chi connectivity index (χ1v) is 23.9. The summed E-state index contributed by atoms with van der Waals surface area (Å²) in [7, 11) is 0. The first-order valence-electron chi connectivity index (χ1n) is 24.5. The summed E-state index contributed by atoms with van der Waals surface area (Å²) in [4.78, 5) is 10.7. The Morgan fingerprint density at radius 2 is 0.691 bits per heavy atom. The maximum absolute atomic E-state index is 9.24. The Bertz CT molecular complexity index is 4180. The third-order valence-corrected chi connectivity index (χ3v) is 15.3. The standard InChI is InChI=1S/C65H40N2S/c1-39-43(22-10-23-44(39)41-29-33-55-57-26-12-34-66-63(57)56-21-9-8-17-49(56)48-16-4-7-20-52(48)62(55)37-41)40-28-31-53-54-32-30-42(45-24-11-25-58-59-27-13-35-67-65(59)68-64(45)58)38-61(54)51-19-6-3-15-47(51)46-14-2-5-18-50(46)60(53)36-40/h2-38H,1H3/i1D3. The van der Waals surface area contributed by atoms with Crippen molar-refractivity contribution in [3.8, 4) is 123 Å². The molecule has 68 heavy (non-hydrogen) atoms. The predicted octanol–water partition coefficient (Wildman–Crippen LogP) is 18.1. The topological polar surface area (TPSA) is 25.8 Å². The van der Waals surface area contributed by atoms with Crippen molar-refractivity contribution >= 4 is 31.6 Å². The summed E-state index contributed by atoms with van der Waals surface area (Å²) in [5.74, 6) is 0. The molecule has 0 atom stereocenters. The molecule has 3 heterocycles. The van der Waals surface area contributed by atoms with Crippen LogP contribution in [-0.4, -0.2) is 9.97 Å². The highest BCUT2D eigenvalue weighted by molar-refractivity contribution is 7.26. The summed E-state index contributed by atoms with van der Waals surface area (Å²) < 4.78 is 29.0. The van der Waals surface area contributed by atoms with Crippen molar-refractivity contribution in [3.05, 3.63) is 230 Å². The molecule has 0 saturated heterocycles. The average Bonchev–Trinajstić information content (AvgIpc) is 3.81. The summed E-state index contributed by atoms with van der Waals surface area (Å²) in [6.45, 7) is -2.44. The number of hydrogen-bond acceptors (Lipinski definition) is 3. The van der Waals surface area contributed by atoms with Gasteiger partial charge in [-0.1, -0.05) is 176 Å². The van der Waals surface area contributed by atoms with E-state index in [9.17, 15) is 4.11 Å². The second-order valence-electron chi connectivity index (χ2n) is 17.7. The summed E-state index contributed by atoms with van der Waals surface area (Å²) in [6, 6.07) is 75.0. The fourth-order valence-corrected chi connectivity index (χ4v) is 12.2. The van der Waals surface area contributed by atoms with Gasteiger partial charge in [-0.15, -0.1) is 11.3 Å². The van der Waals surface area contributed by atoms with Crippen LogP contribution in [0, 0.1) is 6.85 Å². The number of thiophene rings is 1. The van der Waals surface area contributed by atoms with Gasteiger partial charge in [-0.25, -0.2) is 4.98 Å². The Kier molecular flexibility index (Phi) is 8.03. The molecule has 12 aromatic rings. The van der Waals surface area contributed by atoms with E-state index in [2.05, 4.69) is 182 Å². The lowest BCUT2D eigenvalue weighted by Crippen LogP contribution is -1.99. The first kappa shape index (κ1) is 35.7. The molecule has 316 valence electrons. The van der Waals surface area contributed by atoms with E-state index in [4.69, 9.17) is 9.97 Å². The second-order valence-corrected chi connectivity index (χ2v) is 18.7. The Labute approximate surface area is 403 Å². The van der Waals surface area contributed by atoms with Crippen molar-refractivity contribution in [3.63, 3.8) is 0 Å². The molecule has 3 heteroatoms. The zero-order chi connectivity index (χ0) is 47.4. The minimum Gasteiger partial charge on any atom is -0.256 e. The second kappa shape index (κ2) is 15.3. The van der Waals surface area contributed by atoms with Crippen molar-refractivity contribution in [2.75, 3.05) is 0 Å². The molecule has 0 aliphatic heterocycles. The van der Waals surface area contributed by atoms with E-state index in [1.165, 1.54) is 21.0 Å². The van der Waals surface area contributed by atoms with Crippen molar-refractivity contribution in [1.82, 2.24) is 9.97 Å². The van der Waals surface area contributed by atoms with E-state index in [1.807, 2.05) is 42.7 Å². The van der Waals surface area contributed by atoms with E-state index in [1.54, 1.807) is 11.3 Å². The van der Waals surface area contributed by atoms with Crippen LogP contribution >= 0.6 is 11.3 Å². The number of aromatic nitrogens is 2. The average molecular weight is 884 g/mol. The molecule has 14 rings (SSSR count). The zero-order valence-electron chi connectivity index (χ0n) is 39.7. The first-order chi connectivity index (χ1) is 34.9. The van der Waals surface area contributed by atoms with Crippen molar-refractivity contribution in [1.29, 1.82) is 0 Å². The van der Waals surface area contributed by atoms with Gasteiger partial charge in [-0.2, -0.15) is 0 Å². The molecule has 3 aromatic heterocycles. The van der Waals surface area contributed by atoms with Crippen molar-refractivity contribution < 1.29 is 4.11 Å². The van der Waals surface area contributed by atoms with Gasteiger partial charge in [-0.3, -0.25) is 4.98 Å². The molecule has 0 fully saturated rings. The normalized spacial score (nSPS) is 12.7. The van der Waals surface area contributed by atoms with Gasteiger partial charge in [0.1, 0.15) is 4.83 Å². The molecule has 0 radical (unpaired) electrons. The molecule has 0 spiro atoms. The fraction of sp³-hybridized carbons (Fsp3) is 0.0154. The molecule has 0 unspecified atom stereocenters. The van der Waals surface area contributed by atoms with E-state index in [-0.39, 0.29) is 0 Å². The van der Waals surface area contributed by atoms with Crippen molar-refractivity contribution in [2.24, 2.45) is 0 Å². The van der Waals surface area contributed by atoms with E-state index in [0.717, 1.165) is 111 Å². The monoisotopic (exact) mass is 883 g/mol. The van der Waals surface area contributed by atoms with Crippen LogP contribution in [0.2, 0.25) is 0 Å². The van der Waals surface area contributed by atoms with E-state index < -0.39 is 6.85 Å². The SMILES string of the molecule is [2H]C([2H])([2H])c1c(-c2ccc3c(c2)-c2ccccc2-c2ccccc2-c2cc(-c4cccc5c4sc4ncccc45)ccc2-3)cccc1-c1ccc2c(c1)-c1ccccc1-c1ccccc1-c1ncccc1-2. The predicted molar refractivity (Wildman–Crippen MR) is 287 cm³/mol. The molecular weight excluding hydrogens is 841 g/mol. The highest BCUT2D eigenvalue weighted by atomic mass is 32.1. The van der Waals surface area contributed by atoms with Crippen LogP contribution in [0.15, 0.2) is 225 Å². The largest absolute Gasteiger partial charge is 0.256 e.